The van der Waals surface area contributed by atoms with E-state index in [4.69, 9.17) is 10.5 Å². The Morgan fingerprint density at radius 1 is 1.67 bits per heavy atom. The smallest absolute Gasteiger partial charge is 0.341 e. The van der Waals surface area contributed by atoms with Gasteiger partial charge in [0.05, 0.1) is 18.5 Å². The lowest BCUT2D eigenvalue weighted by Crippen LogP contribution is -2.17. The Morgan fingerprint density at radius 3 is 3.00 bits per heavy atom. The molecule has 0 fully saturated rings. The van der Waals surface area contributed by atoms with Crippen LogP contribution in [0.3, 0.4) is 0 Å². The van der Waals surface area contributed by atoms with Gasteiger partial charge in [-0.2, -0.15) is 11.8 Å². The van der Waals surface area contributed by atoms with Crippen LogP contribution in [0.5, 0.6) is 0 Å². The van der Waals surface area contributed by atoms with Gasteiger partial charge in [0.15, 0.2) is 0 Å². The van der Waals surface area contributed by atoms with E-state index in [1.807, 2.05) is 6.26 Å². The number of nitrogens with two attached hydrogens (primary N) is 1. The number of carbonyl (C=O) groups excluding carboxylic acids is 1. The minimum Gasteiger partial charge on any atom is -0.462 e. The van der Waals surface area contributed by atoms with Crippen LogP contribution in [0.25, 0.3) is 0 Å². The molecule has 0 aromatic carbocycles. The van der Waals surface area contributed by atoms with E-state index in [2.05, 4.69) is 17.2 Å². The topological polar surface area (TPSA) is 77.2 Å². The third-order valence-corrected chi connectivity index (χ3v) is 3.33. The molecule has 1 aromatic rings. The fourth-order valence-corrected chi connectivity index (χ4v) is 1.56. The van der Waals surface area contributed by atoms with Gasteiger partial charge in [-0.1, -0.05) is 6.92 Å². The minimum atomic E-state index is -0.406. The van der Waals surface area contributed by atoms with Gasteiger partial charge in [-0.15, -0.1) is 0 Å². The lowest BCUT2D eigenvalue weighted by molar-refractivity contribution is 0.0527. The Hall–Kier alpha value is -1.43. The van der Waals surface area contributed by atoms with Gasteiger partial charge in [-0.05, 0) is 19.2 Å². The van der Waals surface area contributed by atoms with Crippen molar-refractivity contribution in [2.24, 2.45) is 0 Å². The summed E-state index contributed by atoms with van der Waals surface area (Å²) in [6.45, 7) is 4.91. The zero-order valence-electron chi connectivity index (χ0n) is 10.9. The van der Waals surface area contributed by atoms with Crippen LogP contribution in [-0.2, 0) is 4.74 Å². The van der Waals surface area contributed by atoms with Gasteiger partial charge in [0, 0.05) is 11.8 Å². The first-order valence-electron chi connectivity index (χ1n) is 5.77. The van der Waals surface area contributed by atoms with E-state index in [1.165, 1.54) is 6.20 Å². The average Bonchev–Trinajstić information content (AvgIpc) is 2.37. The summed E-state index contributed by atoms with van der Waals surface area (Å²) in [6, 6.07) is 1.58. The molecule has 1 aromatic heterocycles. The largest absolute Gasteiger partial charge is 0.462 e. The molecule has 1 rings (SSSR count). The van der Waals surface area contributed by atoms with Gasteiger partial charge in [-0.3, -0.25) is 0 Å². The van der Waals surface area contributed by atoms with Crippen LogP contribution >= 0.6 is 11.8 Å². The van der Waals surface area contributed by atoms with Crippen LogP contribution in [-0.4, -0.2) is 35.6 Å². The number of ether oxygens (including phenoxy) is 1. The van der Waals surface area contributed by atoms with E-state index in [0.29, 0.717) is 28.9 Å². The summed E-state index contributed by atoms with van der Waals surface area (Å²) in [6.07, 6.45) is 3.56. The highest BCUT2D eigenvalue weighted by molar-refractivity contribution is 7.99. The number of thioether (sulfide) groups is 1. The number of rotatable bonds is 6. The zero-order chi connectivity index (χ0) is 13.5. The predicted molar refractivity (Wildman–Crippen MR) is 76.1 cm³/mol. The zero-order valence-corrected chi connectivity index (χ0v) is 11.7. The van der Waals surface area contributed by atoms with Crippen LogP contribution in [0.2, 0.25) is 0 Å². The van der Waals surface area contributed by atoms with E-state index < -0.39 is 5.97 Å². The van der Waals surface area contributed by atoms with Crippen molar-refractivity contribution in [2.45, 2.75) is 19.1 Å². The minimum absolute atomic E-state index is 0.328. The van der Waals surface area contributed by atoms with Crippen molar-refractivity contribution in [1.29, 1.82) is 0 Å². The highest BCUT2D eigenvalue weighted by Gasteiger charge is 2.14. The lowest BCUT2D eigenvalue weighted by atomic mass is 10.2. The second-order valence-corrected chi connectivity index (χ2v) is 5.09. The van der Waals surface area contributed by atoms with E-state index in [-0.39, 0.29) is 0 Å². The van der Waals surface area contributed by atoms with E-state index in [1.54, 1.807) is 24.8 Å². The molecule has 0 aliphatic heterocycles. The van der Waals surface area contributed by atoms with Crippen molar-refractivity contribution in [3.05, 3.63) is 17.8 Å². The van der Waals surface area contributed by atoms with Crippen molar-refractivity contribution in [3.8, 4) is 0 Å². The maximum atomic E-state index is 11.8. The summed E-state index contributed by atoms with van der Waals surface area (Å²) in [7, 11) is 0. The number of hydrogen-bond acceptors (Lipinski definition) is 6. The van der Waals surface area contributed by atoms with Crippen LogP contribution in [0.15, 0.2) is 12.3 Å². The number of anilines is 2. The molecule has 100 valence electrons. The Morgan fingerprint density at radius 2 is 2.39 bits per heavy atom. The Labute approximate surface area is 111 Å². The molecule has 0 bridgehead atoms. The van der Waals surface area contributed by atoms with Crippen LogP contribution < -0.4 is 11.1 Å². The number of aromatic nitrogens is 1. The third-order valence-electron chi connectivity index (χ3n) is 2.36. The number of carbonyl (C=O) groups is 1. The number of nitrogen functional groups attached to an aromatic ring is 1. The molecule has 0 aliphatic carbocycles. The van der Waals surface area contributed by atoms with Crippen molar-refractivity contribution in [3.63, 3.8) is 0 Å². The molecule has 1 atom stereocenters. The Balaban J connectivity index is 2.86. The first-order chi connectivity index (χ1) is 8.58. The van der Waals surface area contributed by atoms with Crippen molar-refractivity contribution >= 4 is 29.2 Å². The second kappa shape index (κ2) is 7.10. The van der Waals surface area contributed by atoms with E-state index in [0.717, 1.165) is 6.54 Å². The average molecular weight is 269 g/mol. The Bertz CT molecular complexity index is 412. The molecular weight excluding hydrogens is 250 g/mol. The molecule has 5 nitrogen and oxygen atoms in total. The first-order valence-corrected chi connectivity index (χ1v) is 7.06. The summed E-state index contributed by atoms with van der Waals surface area (Å²) < 4.78 is 4.98. The molecular formula is C12H19N3O2S. The number of nitrogens with one attached hydrogen (secondary N) is 1. The fraction of sp³-hybridized carbons (Fsp3) is 0.500. The summed E-state index contributed by atoms with van der Waals surface area (Å²) in [5.41, 5.74) is 6.47. The predicted octanol–water partition coefficient (Wildman–Crippen LogP) is 2.00. The summed E-state index contributed by atoms with van der Waals surface area (Å²) in [4.78, 5) is 15.9. The van der Waals surface area contributed by atoms with Crippen LogP contribution in [0, 0.1) is 0 Å². The quantitative estimate of drug-likeness (QED) is 0.769. The van der Waals surface area contributed by atoms with Crippen molar-refractivity contribution in [1.82, 2.24) is 4.98 Å². The van der Waals surface area contributed by atoms with E-state index >= 15 is 0 Å². The molecule has 0 aliphatic rings. The van der Waals surface area contributed by atoms with E-state index in [9.17, 15) is 4.79 Å². The number of esters is 1. The second-order valence-electron chi connectivity index (χ2n) is 3.81. The number of nitrogens with zero attached hydrogens (tertiary/aromatic N) is 1. The van der Waals surface area contributed by atoms with Gasteiger partial charge in [0.25, 0.3) is 0 Å². The van der Waals surface area contributed by atoms with Crippen molar-refractivity contribution < 1.29 is 9.53 Å². The molecule has 0 saturated heterocycles. The molecule has 6 heteroatoms. The highest BCUT2D eigenvalue weighted by atomic mass is 32.2. The SMILES string of the molecule is CCOC(=O)c1cc(N)cnc1NCC(C)SC. The molecule has 0 spiro atoms. The standard InChI is InChI=1S/C12H19N3O2S/c1-4-17-12(16)10-5-9(13)7-15-11(10)14-6-8(2)18-3/h5,7-8H,4,6,13H2,1-3H3,(H,14,15). The molecule has 0 amide bonds. The van der Waals surface area contributed by atoms with Crippen molar-refractivity contribution in [2.75, 3.05) is 30.5 Å². The summed E-state index contributed by atoms with van der Waals surface area (Å²) in [5, 5.41) is 3.57. The lowest BCUT2D eigenvalue weighted by Gasteiger charge is -2.13. The number of hydrogen-bond donors (Lipinski definition) is 2. The number of pyridine rings is 1. The van der Waals surface area contributed by atoms with Gasteiger partial charge >= 0.3 is 5.97 Å². The van der Waals surface area contributed by atoms with Gasteiger partial charge in [0.1, 0.15) is 11.4 Å². The first kappa shape index (κ1) is 14.6. The molecule has 1 unspecified atom stereocenters. The maximum Gasteiger partial charge on any atom is 0.341 e. The molecule has 1 heterocycles. The summed E-state index contributed by atoms with van der Waals surface area (Å²) in [5.74, 6) is 0.111. The normalized spacial score (nSPS) is 11.9. The maximum absolute atomic E-state index is 11.8. The van der Waals surface area contributed by atoms with Crippen LogP contribution in [0.4, 0.5) is 11.5 Å². The molecule has 3 N–H and O–H groups in total. The molecule has 0 saturated carbocycles. The van der Waals surface area contributed by atoms with Crippen LogP contribution in [0.1, 0.15) is 24.2 Å². The molecule has 18 heavy (non-hydrogen) atoms. The Kier molecular flexibility index (Phi) is 5.77. The summed E-state index contributed by atoms with van der Waals surface area (Å²) >= 11 is 1.74. The fourth-order valence-electron chi connectivity index (χ4n) is 1.31. The molecule has 0 radical (unpaired) electrons. The van der Waals surface area contributed by atoms with Gasteiger partial charge < -0.3 is 15.8 Å². The van der Waals surface area contributed by atoms with Gasteiger partial charge in [0.2, 0.25) is 0 Å². The third kappa shape index (κ3) is 4.10. The highest BCUT2D eigenvalue weighted by Crippen LogP contribution is 2.17. The van der Waals surface area contributed by atoms with Gasteiger partial charge in [-0.25, -0.2) is 9.78 Å². The monoisotopic (exact) mass is 269 g/mol.